The minimum Gasteiger partial charge on any atom is -0.497 e. The normalized spacial score (nSPS) is 24.5. The molecule has 5 atom stereocenters. The molecular formula is C28H32F3N3O3S. The third-order valence-electron chi connectivity index (χ3n) is 8.13. The minimum atomic E-state index is -4.66. The van der Waals surface area contributed by atoms with Crippen LogP contribution >= 0.6 is 0 Å². The summed E-state index contributed by atoms with van der Waals surface area (Å²) in [5, 5.41) is 0.745. The van der Waals surface area contributed by atoms with E-state index in [1.54, 1.807) is 25.4 Å². The Balaban J connectivity index is 1.62. The van der Waals surface area contributed by atoms with Crippen LogP contribution in [0.2, 0.25) is 0 Å². The van der Waals surface area contributed by atoms with Crippen LogP contribution in [0.1, 0.15) is 48.9 Å². The van der Waals surface area contributed by atoms with Crippen molar-refractivity contribution in [3.8, 4) is 5.75 Å². The molecule has 0 aliphatic carbocycles. The number of aromatic nitrogens is 1. The summed E-state index contributed by atoms with van der Waals surface area (Å²) in [5.74, 6) is 1.64. The van der Waals surface area contributed by atoms with Crippen LogP contribution in [0.4, 0.5) is 13.2 Å². The highest BCUT2D eigenvalue weighted by atomic mass is 32.2. The molecule has 2 aromatic carbocycles. The van der Waals surface area contributed by atoms with Crippen molar-refractivity contribution in [2.24, 2.45) is 11.8 Å². The summed E-state index contributed by atoms with van der Waals surface area (Å²) in [4.78, 5) is 6.39. The van der Waals surface area contributed by atoms with Gasteiger partial charge in [0.25, 0.3) is 0 Å². The summed E-state index contributed by atoms with van der Waals surface area (Å²) in [6.45, 7) is 5.38. The summed E-state index contributed by atoms with van der Waals surface area (Å²) in [5.41, 5.74) is 0.651. The zero-order valence-electron chi connectivity index (χ0n) is 21.6. The first-order valence-electron chi connectivity index (χ1n) is 12.9. The molecule has 3 fully saturated rings. The lowest BCUT2D eigenvalue weighted by molar-refractivity contribution is -0.137. The molecule has 0 spiro atoms. The number of hydrogen-bond acceptors (Lipinski definition) is 5. The summed E-state index contributed by atoms with van der Waals surface area (Å²) in [6, 6.07) is 9.36. The molecule has 6 rings (SSSR count). The minimum absolute atomic E-state index is 0.143. The standard InChI is InChI=1S/C28H32F3N3O3S/c1-4-18-16-34-10-8-19(18)13-26(34)27(23-7-9-32-25-6-5-21(37-3)15-24(23)25)33-38(35,36)22-12-17(2)11-20(14-22)28(29,30)31/h5-7,9,11-12,14-15,18-19,26-27,33H,4,8,10,13,16H2,1-3H3/t18?,19?,26-,27-/m0/s1. The Labute approximate surface area is 221 Å². The highest BCUT2D eigenvalue weighted by Crippen LogP contribution is 2.43. The molecule has 0 saturated carbocycles. The smallest absolute Gasteiger partial charge is 0.416 e. The second kappa shape index (κ2) is 10.1. The first-order chi connectivity index (χ1) is 18.0. The van der Waals surface area contributed by atoms with E-state index in [1.807, 2.05) is 12.1 Å². The Morgan fingerprint density at radius 3 is 2.63 bits per heavy atom. The van der Waals surface area contributed by atoms with Gasteiger partial charge in [-0.15, -0.1) is 0 Å². The van der Waals surface area contributed by atoms with Crippen LogP contribution in [0.5, 0.6) is 5.75 Å². The number of nitrogens with one attached hydrogen (secondary N) is 1. The van der Waals surface area contributed by atoms with Crippen molar-refractivity contribution in [3.63, 3.8) is 0 Å². The van der Waals surface area contributed by atoms with Crippen LogP contribution in [-0.2, 0) is 16.2 Å². The molecule has 204 valence electrons. The van der Waals surface area contributed by atoms with Crippen molar-refractivity contribution in [1.82, 2.24) is 14.6 Å². The Bertz CT molecular complexity index is 1440. The monoisotopic (exact) mass is 547 g/mol. The van der Waals surface area contributed by atoms with Gasteiger partial charge in [-0.2, -0.15) is 13.2 Å². The highest BCUT2D eigenvalue weighted by molar-refractivity contribution is 7.89. The molecule has 1 aromatic heterocycles. The maximum Gasteiger partial charge on any atom is 0.416 e. The van der Waals surface area contributed by atoms with Crippen molar-refractivity contribution in [1.29, 1.82) is 0 Å². The Hall–Kier alpha value is -2.69. The van der Waals surface area contributed by atoms with Gasteiger partial charge in [0.2, 0.25) is 10.0 Å². The summed E-state index contributed by atoms with van der Waals surface area (Å²) in [6.07, 6.45) is -0.0848. The van der Waals surface area contributed by atoms with Gasteiger partial charge in [0, 0.05) is 24.2 Å². The number of nitrogens with zero attached hydrogens (tertiary/aromatic N) is 2. The van der Waals surface area contributed by atoms with E-state index >= 15 is 0 Å². The van der Waals surface area contributed by atoms with E-state index in [2.05, 4.69) is 21.5 Å². The highest BCUT2D eigenvalue weighted by Gasteiger charge is 2.44. The molecule has 0 amide bonds. The molecule has 3 aliphatic heterocycles. The molecular weight excluding hydrogens is 515 g/mol. The average molecular weight is 548 g/mol. The zero-order valence-corrected chi connectivity index (χ0v) is 22.4. The Kier molecular flexibility index (Phi) is 7.17. The number of hydrogen-bond donors (Lipinski definition) is 1. The lowest BCUT2D eigenvalue weighted by Gasteiger charge is -2.52. The fourth-order valence-corrected chi connectivity index (χ4v) is 7.56. The first kappa shape index (κ1) is 26.9. The molecule has 10 heteroatoms. The van der Waals surface area contributed by atoms with Crippen LogP contribution < -0.4 is 9.46 Å². The summed E-state index contributed by atoms with van der Waals surface area (Å²) < 4.78 is 76.3. The molecule has 4 heterocycles. The van der Waals surface area contributed by atoms with Gasteiger partial charge in [0.1, 0.15) is 5.75 Å². The third kappa shape index (κ3) is 5.13. The number of ether oxygens (including phenoxy) is 1. The van der Waals surface area contributed by atoms with E-state index in [-0.39, 0.29) is 11.6 Å². The number of halogens is 3. The Morgan fingerprint density at radius 1 is 1.18 bits per heavy atom. The predicted octanol–water partition coefficient (Wildman–Crippen LogP) is 5.71. The predicted molar refractivity (Wildman–Crippen MR) is 139 cm³/mol. The lowest BCUT2D eigenvalue weighted by atomic mass is 9.72. The van der Waals surface area contributed by atoms with Crippen LogP contribution in [0.25, 0.3) is 10.9 Å². The van der Waals surface area contributed by atoms with Gasteiger partial charge in [0.05, 0.1) is 29.1 Å². The molecule has 3 unspecified atom stereocenters. The molecule has 1 N–H and O–H groups in total. The van der Waals surface area contributed by atoms with E-state index in [0.29, 0.717) is 29.2 Å². The number of benzene rings is 2. The lowest BCUT2D eigenvalue weighted by Crippen LogP contribution is -2.57. The first-order valence-corrected chi connectivity index (χ1v) is 14.4. The van der Waals surface area contributed by atoms with Gasteiger partial charge in [-0.25, -0.2) is 13.1 Å². The molecule has 3 aromatic rings. The number of alkyl halides is 3. The van der Waals surface area contributed by atoms with Crippen molar-refractivity contribution in [2.75, 3.05) is 20.2 Å². The molecule has 6 nitrogen and oxygen atoms in total. The largest absolute Gasteiger partial charge is 0.497 e. The Morgan fingerprint density at radius 2 is 1.97 bits per heavy atom. The van der Waals surface area contributed by atoms with E-state index in [9.17, 15) is 21.6 Å². The van der Waals surface area contributed by atoms with Crippen molar-refractivity contribution < 1.29 is 26.3 Å². The molecule has 3 saturated heterocycles. The fraction of sp³-hybridized carbons (Fsp3) is 0.464. The average Bonchev–Trinajstić information content (AvgIpc) is 2.90. The molecule has 2 bridgehead atoms. The third-order valence-corrected chi connectivity index (χ3v) is 9.55. The zero-order chi connectivity index (χ0) is 27.2. The molecule has 0 radical (unpaired) electrons. The summed E-state index contributed by atoms with van der Waals surface area (Å²) in [7, 11) is -2.75. The topological polar surface area (TPSA) is 71.5 Å². The van der Waals surface area contributed by atoms with Crippen LogP contribution in [0.15, 0.2) is 53.6 Å². The van der Waals surface area contributed by atoms with Gasteiger partial charge in [-0.05, 0) is 91.7 Å². The molecule has 38 heavy (non-hydrogen) atoms. The second-order valence-electron chi connectivity index (χ2n) is 10.4. The SMILES string of the molecule is CCC1CN2CCC1C[C@H]2[C@@H](NS(=O)(=O)c1cc(C)cc(C(F)(F)F)c1)c1ccnc2ccc(OC)cc12. The fourth-order valence-electron chi connectivity index (χ4n) is 6.19. The number of methoxy groups -OCH3 is 1. The van der Waals surface area contributed by atoms with Crippen LogP contribution in [-0.4, -0.2) is 44.5 Å². The summed E-state index contributed by atoms with van der Waals surface area (Å²) >= 11 is 0. The maximum absolute atomic E-state index is 13.7. The maximum atomic E-state index is 13.7. The number of pyridine rings is 1. The number of aryl methyl sites for hydroxylation is 1. The van der Waals surface area contributed by atoms with Gasteiger partial charge in [-0.3, -0.25) is 9.88 Å². The van der Waals surface area contributed by atoms with E-state index in [0.717, 1.165) is 49.4 Å². The van der Waals surface area contributed by atoms with Gasteiger partial charge in [-0.1, -0.05) is 13.3 Å². The van der Waals surface area contributed by atoms with Crippen molar-refractivity contribution in [2.45, 2.75) is 56.3 Å². The van der Waals surface area contributed by atoms with E-state index in [1.165, 1.54) is 13.0 Å². The number of piperidine rings is 3. The quantitative estimate of drug-likeness (QED) is 0.410. The van der Waals surface area contributed by atoms with E-state index < -0.39 is 32.7 Å². The van der Waals surface area contributed by atoms with Crippen LogP contribution in [0.3, 0.4) is 0 Å². The van der Waals surface area contributed by atoms with Crippen molar-refractivity contribution in [3.05, 3.63) is 65.4 Å². The van der Waals surface area contributed by atoms with Gasteiger partial charge in [0.15, 0.2) is 0 Å². The number of fused-ring (bicyclic) bond motifs is 4. The van der Waals surface area contributed by atoms with Crippen molar-refractivity contribution >= 4 is 20.9 Å². The second-order valence-corrected chi connectivity index (χ2v) is 12.1. The van der Waals surface area contributed by atoms with Gasteiger partial charge >= 0.3 is 6.18 Å². The number of rotatable bonds is 7. The van der Waals surface area contributed by atoms with Gasteiger partial charge < -0.3 is 4.74 Å². The number of sulfonamides is 1. The van der Waals surface area contributed by atoms with E-state index in [4.69, 9.17) is 4.74 Å². The molecule has 3 aliphatic rings. The van der Waals surface area contributed by atoms with Crippen LogP contribution in [0, 0.1) is 18.8 Å².